The fourth-order valence-corrected chi connectivity index (χ4v) is 4.84. The van der Waals surface area contributed by atoms with Crippen molar-refractivity contribution in [3.63, 3.8) is 0 Å². The lowest BCUT2D eigenvalue weighted by Crippen LogP contribution is -2.60. The zero-order valence-electron chi connectivity index (χ0n) is 15.7. The Morgan fingerprint density at radius 3 is 2.68 bits per heavy atom. The van der Waals surface area contributed by atoms with E-state index < -0.39 is 0 Å². The third kappa shape index (κ3) is 3.70. The fourth-order valence-electron chi connectivity index (χ4n) is 4.84. The SMILES string of the molecule is COCCCN1C(=O)CCC2CN(C(=O)C3(COC)CCC3)CCC21. The van der Waals surface area contributed by atoms with Crippen molar-refractivity contribution in [2.75, 3.05) is 47.1 Å². The van der Waals surface area contributed by atoms with Crippen LogP contribution in [0.5, 0.6) is 0 Å². The summed E-state index contributed by atoms with van der Waals surface area (Å²) in [4.78, 5) is 29.5. The van der Waals surface area contributed by atoms with Crippen LogP contribution in [0, 0.1) is 11.3 Å². The largest absolute Gasteiger partial charge is 0.385 e. The van der Waals surface area contributed by atoms with Crippen molar-refractivity contribution in [1.82, 2.24) is 9.80 Å². The third-order valence-electron chi connectivity index (χ3n) is 6.36. The Balaban J connectivity index is 1.61. The van der Waals surface area contributed by atoms with Crippen LogP contribution in [0.4, 0.5) is 0 Å². The van der Waals surface area contributed by atoms with Crippen molar-refractivity contribution < 1.29 is 19.1 Å². The maximum atomic E-state index is 13.1. The standard InChI is InChI=1S/C19H32N2O4/c1-24-12-4-10-21-16-7-11-20(13-15(16)5-6-17(21)22)18(23)19(14-25-2)8-3-9-19/h15-16H,3-14H2,1-2H3. The molecule has 2 amide bonds. The van der Waals surface area contributed by atoms with E-state index in [1.54, 1.807) is 14.2 Å². The van der Waals surface area contributed by atoms with E-state index in [2.05, 4.69) is 9.80 Å². The summed E-state index contributed by atoms with van der Waals surface area (Å²) >= 11 is 0. The van der Waals surface area contributed by atoms with Gasteiger partial charge in [0.25, 0.3) is 0 Å². The molecule has 25 heavy (non-hydrogen) atoms. The fraction of sp³-hybridized carbons (Fsp3) is 0.895. The van der Waals surface area contributed by atoms with Crippen molar-refractivity contribution in [1.29, 1.82) is 0 Å². The first-order valence-corrected chi connectivity index (χ1v) is 9.68. The second kappa shape index (κ2) is 8.04. The number of hydrogen-bond acceptors (Lipinski definition) is 4. The highest BCUT2D eigenvalue weighted by Crippen LogP contribution is 2.44. The number of carbonyl (C=O) groups is 2. The summed E-state index contributed by atoms with van der Waals surface area (Å²) in [5.41, 5.74) is -0.274. The van der Waals surface area contributed by atoms with Crippen molar-refractivity contribution in [3.8, 4) is 0 Å². The van der Waals surface area contributed by atoms with E-state index in [9.17, 15) is 9.59 Å². The normalized spacial score (nSPS) is 28.5. The quantitative estimate of drug-likeness (QED) is 0.654. The molecule has 0 spiro atoms. The molecule has 0 N–H and O–H groups in total. The molecule has 6 nitrogen and oxygen atoms in total. The van der Waals surface area contributed by atoms with Crippen LogP contribution in [-0.4, -0.2) is 74.7 Å². The average Bonchev–Trinajstić information content (AvgIpc) is 2.59. The monoisotopic (exact) mass is 352 g/mol. The number of methoxy groups -OCH3 is 2. The molecule has 3 rings (SSSR count). The van der Waals surface area contributed by atoms with E-state index >= 15 is 0 Å². The van der Waals surface area contributed by atoms with Gasteiger partial charge in [-0.1, -0.05) is 6.42 Å². The highest BCUT2D eigenvalue weighted by atomic mass is 16.5. The number of fused-ring (bicyclic) bond motifs is 1. The molecule has 0 aromatic heterocycles. The van der Waals surface area contributed by atoms with Gasteiger partial charge < -0.3 is 19.3 Å². The molecule has 3 fully saturated rings. The Morgan fingerprint density at radius 1 is 1.24 bits per heavy atom. The van der Waals surface area contributed by atoms with Crippen molar-refractivity contribution >= 4 is 11.8 Å². The summed E-state index contributed by atoms with van der Waals surface area (Å²) in [6.07, 6.45) is 6.32. The van der Waals surface area contributed by atoms with E-state index in [-0.39, 0.29) is 17.2 Å². The number of piperidine rings is 2. The highest BCUT2D eigenvalue weighted by Gasteiger charge is 2.48. The van der Waals surface area contributed by atoms with Gasteiger partial charge in [-0.25, -0.2) is 0 Å². The van der Waals surface area contributed by atoms with Crippen LogP contribution in [0.3, 0.4) is 0 Å². The lowest BCUT2D eigenvalue weighted by molar-refractivity contribution is -0.157. The number of carbonyl (C=O) groups excluding carboxylic acids is 2. The molecule has 6 heteroatoms. The molecule has 2 atom stereocenters. The number of nitrogens with zero attached hydrogens (tertiary/aromatic N) is 2. The molecule has 0 radical (unpaired) electrons. The molecule has 3 aliphatic rings. The maximum Gasteiger partial charge on any atom is 0.231 e. The molecule has 0 bridgehead atoms. The number of likely N-dealkylation sites (tertiary alicyclic amines) is 2. The van der Waals surface area contributed by atoms with Gasteiger partial charge in [0, 0.05) is 52.9 Å². The summed E-state index contributed by atoms with van der Waals surface area (Å²) in [6, 6.07) is 0.293. The molecule has 1 aliphatic carbocycles. The summed E-state index contributed by atoms with van der Waals surface area (Å²) in [5, 5.41) is 0. The van der Waals surface area contributed by atoms with Gasteiger partial charge in [0.05, 0.1) is 12.0 Å². The molecule has 142 valence electrons. The van der Waals surface area contributed by atoms with Crippen molar-refractivity contribution in [2.24, 2.45) is 11.3 Å². The Kier molecular flexibility index (Phi) is 6.00. The molecule has 0 aromatic rings. The van der Waals surface area contributed by atoms with Gasteiger partial charge in [0.15, 0.2) is 0 Å². The van der Waals surface area contributed by atoms with Crippen molar-refractivity contribution in [2.45, 2.75) is 51.0 Å². The highest BCUT2D eigenvalue weighted by molar-refractivity contribution is 5.84. The van der Waals surface area contributed by atoms with Crippen LogP contribution in [0.1, 0.15) is 44.9 Å². The zero-order valence-corrected chi connectivity index (χ0v) is 15.7. The Bertz CT molecular complexity index is 492. The van der Waals surface area contributed by atoms with Gasteiger partial charge >= 0.3 is 0 Å². The minimum Gasteiger partial charge on any atom is -0.385 e. The molecular weight excluding hydrogens is 320 g/mol. The lowest BCUT2D eigenvalue weighted by atomic mass is 9.68. The van der Waals surface area contributed by atoms with Crippen LogP contribution in [-0.2, 0) is 19.1 Å². The lowest BCUT2D eigenvalue weighted by Gasteiger charge is -2.50. The Morgan fingerprint density at radius 2 is 2.04 bits per heavy atom. The number of hydrogen-bond donors (Lipinski definition) is 0. The molecular formula is C19H32N2O4. The second-order valence-corrected chi connectivity index (χ2v) is 7.91. The van der Waals surface area contributed by atoms with Gasteiger partial charge in [-0.15, -0.1) is 0 Å². The first kappa shape index (κ1) is 18.6. The first-order chi connectivity index (χ1) is 12.1. The molecule has 2 saturated heterocycles. The first-order valence-electron chi connectivity index (χ1n) is 9.68. The van der Waals surface area contributed by atoms with Crippen LogP contribution in [0.15, 0.2) is 0 Å². The maximum absolute atomic E-state index is 13.1. The van der Waals surface area contributed by atoms with Gasteiger partial charge in [0.2, 0.25) is 11.8 Å². The smallest absolute Gasteiger partial charge is 0.231 e. The summed E-state index contributed by atoms with van der Waals surface area (Å²) in [6.45, 7) is 3.56. The van der Waals surface area contributed by atoms with Gasteiger partial charge in [-0.3, -0.25) is 9.59 Å². The van der Waals surface area contributed by atoms with Crippen LogP contribution in [0.2, 0.25) is 0 Å². The minimum absolute atomic E-state index is 0.270. The number of amides is 2. The third-order valence-corrected chi connectivity index (χ3v) is 6.36. The molecule has 0 aromatic carbocycles. The predicted octanol–water partition coefficient (Wildman–Crippen LogP) is 1.68. The van der Waals surface area contributed by atoms with E-state index in [0.717, 1.165) is 58.2 Å². The average molecular weight is 352 g/mol. The van der Waals surface area contributed by atoms with Gasteiger partial charge in [-0.2, -0.15) is 0 Å². The molecule has 2 aliphatic heterocycles. The van der Waals surface area contributed by atoms with E-state index in [1.807, 2.05) is 0 Å². The van der Waals surface area contributed by atoms with E-state index in [4.69, 9.17) is 9.47 Å². The summed E-state index contributed by atoms with van der Waals surface area (Å²) in [7, 11) is 3.38. The van der Waals surface area contributed by atoms with Gasteiger partial charge in [0.1, 0.15) is 0 Å². The molecule has 2 unspecified atom stereocenters. The molecule has 2 heterocycles. The van der Waals surface area contributed by atoms with Gasteiger partial charge in [-0.05, 0) is 38.0 Å². The van der Waals surface area contributed by atoms with Crippen molar-refractivity contribution in [3.05, 3.63) is 0 Å². The number of rotatable bonds is 7. The van der Waals surface area contributed by atoms with Crippen LogP contribution < -0.4 is 0 Å². The number of ether oxygens (including phenoxy) is 2. The zero-order chi connectivity index (χ0) is 17.9. The summed E-state index contributed by atoms with van der Waals surface area (Å²) in [5.74, 6) is 0.964. The van der Waals surface area contributed by atoms with Crippen LogP contribution in [0.25, 0.3) is 0 Å². The topological polar surface area (TPSA) is 59.1 Å². The molecule has 1 saturated carbocycles. The summed E-state index contributed by atoms with van der Waals surface area (Å²) < 4.78 is 10.5. The minimum atomic E-state index is -0.274. The van der Waals surface area contributed by atoms with E-state index in [0.29, 0.717) is 31.6 Å². The second-order valence-electron chi connectivity index (χ2n) is 7.91. The van der Waals surface area contributed by atoms with Crippen LogP contribution >= 0.6 is 0 Å². The predicted molar refractivity (Wildman–Crippen MR) is 94.1 cm³/mol. The Hall–Kier alpha value is -1.14. The Labute approximate surface area is 150 Å². The van der Waals surface area contributed by atoms with E-state index in [1.165, 1.54) is 0 Å².